The molecule has 3 rings (SSSR count). The highest BCUT2D eigenvalue weighted by Gasteiger charge is 2.20. The van der Waals surface area contributed by atoms with Gasteiger partial charge in [0.1, 0.15) is 10.6 Å². The Bertz CT molecular complexity index is 910. The Morgan fingerprint density at radius 3 is 2.75 bits per heavy atom. The third-order valence-corrected chi connectivity index (χ3v) is 4.82. The van der Waals surface area contributed by atoms with Crippen LogP contribution in [0.4, 0.5) is 0 Å². The molecule has 0 bridgehead atoms. The molecule has 24 heavy (non-hydrogen) atoms. The van der Waals surface area contributed by atoms with Gasteiger partial charge in [-0.05, 0) is 35.9 Å². The quantitative estimate of drug-likeness (QED) is 0.736. The normalized spacial score (nSPS) is 11.4. The van der Waals surface area contributed by atoms with Gasteiger partial charge in [-0.3, -0.25) is 4.98 Å². The Kier molecular flexibility index (Phi) is 4.59. The second-order valence-corrected chi connectivity index (χ2v) is 6.71. The molecule has 2 heterocycles. The SMILES string of the molecule is COc1ccc(-n2cccn2)cc1S(=O)(=O)NCc1cccnc1. The van der Waals surface area contributed by atoms with Gasteiger partial charge in [0.05, 0.1) is 12.8 Å². The molecule has 0 radical (unpaired) electrons. The average Bonchev–Trinajstić information content (AvgIpc) is 3.15. The van der Waals surface area contributed by atoms with E-state index >= 15 is 0 Å². The minimum Gasteiger partial charge on any atom is -0.495 e. The summed E-state index contributed by atoms with van der Waals surface area (Å²) >= 11 is 0. The summed E-state index contributed by atoms with van der Waals surface area (Å²) in [5.74, 6) is 0.268. The van der Waals surface area contributed by atoms with E-state index in [-0.39, 0.29) is 17.2 Å². The van der Waals surface area contributed by atoms with E-state index in [1.165, 1.54) is 13.2 Å². The predicted molar refractivity (Wildman–Crippen MR) is 88.4 cm³/mol. The van der Waals surface area contributed by atoms with E-state index in [2.05, 4.69) is 14.8 Å². The maximum absolute atomic E-state index is 12.7. The molecule has 0 unspecified atom stereocenters. The second-order valence-electron chi connectivity index (χ2n) is 4.97. The third-order valence-electron chi connectivity index (χ3n) is 3.39. The number of nitrogens with zero attached hydrogens (tertiary/aromatic N) is 3. The molecule has 0 spiro atoms. The van der Waals surface area contributed by atoms with Crippen molar-refractivity contribution < 1.29 is 13.2 Å². The first kappa shape index (κ1) is 16.2. The van der Waals surface area contributed by atoms with Gasteiger partial charge in [-0.15, -0.1) is 0 Å². The molecule has 0 amide bonds. The van der Waals surface area contributed by atoms with Crippen molar-refractivity contribution in [1.82, 2.24) is 19.5 Å². The number of hydrogen-bond donors (Lipinski definition) is 1. The molecular weight excluding hydrogens is 328 g/mol. The summed E-state index contributed by atoms with van der Waals surface area (Å²) in [5.41, 5.74) is 1.39. The fourth-order valence-corrected chi connectivity index (χ4v) is 3.40. The molecule has 2 aromatic heterocycles. The van der Waals surface area contributed by atoms with E-state index in [0.717, 1.165) is 5.56 Å². The first-order valence-corrected chi connectivity index (χ1v) is 8.65. The molecule has 0 saturated heterocycles. The van der Waals surface area contributed by atoms with Crippen LogP contribution in [0.25, 0.3) is 5.69 Å². The number of pyridine rings is 1. The summed E-state index contributed by atoms with van der Waals surface area (Å²) in [6, 6.07) is 10.2. The van der Waals surface area contributed by atoms with Gasteiger partial charge < -0.3 is 4.74 Å². The van der Waals surface area contributed by atoms with Crippen LogP contribution in [0, 0.1) is 0 Å². The lowest BCUT2D eigenvalue weighted by Gasteiger charge is -2.12. The summed E-state index contributed by atoms with van der Waals surface area (Å²) in [6.45, 7) is 0.144. The summed E-state index contributed by atoms with van der Waals surface area (Å²) < 4.78 is 34.7. The van der Waals surface area contributed by atoms with E-state index in [4.69, 9.17) is 4.74 Å². The molecule has 0 fully saturated rings. The van der Waals surface area contributed by atoms with Gasteiger partial charge in [-0.2, -0.15) is 5.10 Å². The van der Waals surface area contributed by atoms with E-state index in [0.29, 0.717) is 5.69 Å². The van der Waals surface area contributed by atoms with Gasteiger partial charge in [0.15, 0.2) is 0 Å². The van der Waals surface area contributed by atoms with Gasteiger partial charge in [0.2, 0.25) is 10.0 Å². The Balaban J connectivity index is 1.92. The first-order valence-electron chi connectivity index (χ1n) is 7.17. The maximum Gasteiger partial charge on any atom is 0.244 e. The molecule has 0 atom stereocenters. The molecule has 0 saturated carbocycles. The molecule has 0 aliphatic rings. The van der Waals surface area contributed by atoms with Crippen LogP contribution in [0.3, 0.4) is 0 Å². The summed E-state index contributed by atoms with van der Waals surface area (Å²) in [7, 11) is -2.33. The van der Waals surface area contributed by atoms with Gasteiger partial charge in [-0.25, -0.2) is 17.8 Å². The van der Waals surface area contributed by atoms with Crippen LogP contribution in [0.5, 0.6) is 5.75 Å². The predicted octanol–water partition coefficient (Wildman–Crippen LogP) is 1.75. The highest BCUT2D eigenvalue weighted by Crippen LogP contribution is 2.26. The lowest BCUT2D eigenvalue weighted by molar-refractivity contribution is 0.402. The van der Waals surface area contributed by atoms with Crippen molar-refractivity contribution in [3.8, 4) is 11.4 Å². The highest BCUT2D eigenvalue weighted by atomic mass is 32.2. The number of aromatic nitrogens is 3. The average molecular weight is 344 g/mol. The van der Waals surface area contributed by atoms with Crippen LogP contribution in [0.1, 0.15) is 5.56 Å². The minimum absolute atomic E-state index is 0.0573. The van der Waals surface area contributed by atoms with E-state index in [1.54, 1.807) is 59.8 Å². The number of benzene rings is 1. The van der Waals surface area contributed by atoms with Gasteiger partial charge in [0, 0.05) is 31.3 Å². The summed E-state index contributed by atoms with van der Waals surface area (Å²) in [6.07, 6.45) is 6.61. The lowest BCUT2D eigenvalue weighted by atomic mass is 10.3. The van der Waals surface area contributed by atoms with Crippen molar-refractivity contribution in [2.24, 2.45) is 0 Å². The zero-order chi connectivity index (χ0) is 17.0. The molecular formula is C16H16N4O3S. The largest absolute Gasteiger partial charge is 0.495 e. The Morgan fingerprint density at radius 2 is 2.08 bits per heavy atom. The van der Waals surface area contributed by atoms with Crippen LogP contribution in [-0.4, -0.2) is 30.3 Å². The van der Waals surface area contributed by atoms with Crippen molar-refractivity contribution in [2.75, 3.05) is 7.11 Å². The monoisotopic (exact) mass is 344 g/mol. The molecule has 8 heteroatoms. The van der Waals surface area contributed by atoms with Crippen LogP contribution >= 0.6 is 0 Å². The molecule has 0 aliphatic carbocycles. The topological polar surface area (TPSA) is 86.1 Å². The van der Waals surface area contributed by atoms with Gasteiger partial charge >= 0.3 is 0 Å². The minimum atomic E-state index is -3.76. The van der Waals surface area contributed by atoms with Gasteiger partial charge in [0.25, 0.3) is 0 Å². The fourth-order valence-electron chi connectivity index (χ4n) is 2.20. The first-order chi connectivity index (χ1) is 11.6. The Hall–Kier alpha value is -2.71. The van der Waals surface area contributed by atoms with Crippen molar-refractivity contribution in [2.45, 2.75) is 11.4 Å². The van der Waals surface area contributed by atoms with Crippen molar-refractivity contribution >= 4 is 10.0 Å². The van der Waals surface area contributed by atoms with Crippen LogP contribution in [0.15, 0.2) is 66.1 Å². The summed E-state index contributed by atoms with van der Waals surface area (Å²) in [4.78, 5) is 4.03. The van der Waals surface area contributed by atoms with Crippen LogP contribution in [0.2, 0.25) is 0 Å². The zero-order valence-corrected chi connectivity index (χ0v) is 13.8. The Morgan fingerprint density at radius 1 is 1.21 bits per heavy atom. The standard InChI is InChI=1S/C16H16N4O3S/c1-23-15-6-5-14(20-9-3-8-18-20)10-16(15)24(21,22)19-12-13-4-2-7-17-11-13/h2-11,19H,12H2,1H3. The number of sulfonamides is 1. The zero-order valence-electron chi connectivity index (χ0n) is 13.0. The molecule has 3 aromatic rings. The Labute approximate surface area is 140 Å². The number of rotatable bonds is 6. The third kappa shape index (κ3) is 3.44. The summed E-state index contributed by atoms with van der Waals surface area (Å²) in [5, 5.41) is 4.11. The number of hydrogen-bond acceptors (Lipinski definition) is 5. The molecule has 7 nitrogen and oxygen atoms in total. The number of nitrogens with one attached hydrogen (secondary N) is 1. The molecule has 1 aromatic carbocycles. The smallest absolute Gasteiger partial charge is 0.244 e. The lowest BCUT2D eigenvalue weighted by Crippen LogP contribution is -2.24. The molecule has 124 valence electrons. The van der Waals surface area contributed by atoms with Crippen molar-refractivity contribution in [3.63, 3.8) is 0 Å². The van der Waals surface area contributed by atoms with Crippen LogP contribution in [-0.2, 0) is 16.6 Å². The van der Waals surface area contributed by atoms with E-state index in [1.807, 2.05) is 0 Å². The molecule has 0 aliphatic heterocycles. The highest BCUT2D eigenvalue weighted by molar-refractivity contribution is 7.89. The second kappa shape index (κ2) is 6.81. The van der Waals surface area contributed by atoms with Crippen molar-refractivity contribution in [3.05, 3.63) is 66.7 Å². The fraction of sp³-hybridized carbons (Fsp3) is 0.125. The number of methoxy groups -OCH3 is 1. The van der Waals surface area contributed by atoms with E-state index in [9.17, 15) is 8.42 Å². The maximum atomic E-state index is 12.7. The van der Waals surface area contributed by atoms with Gasteiger partial charge in [-0.1, -0.05) is 6.07 Å². The van der Waals surface area contributed by atoms with Crippen molar-refractivity contribution in [1.29, 1.82) is 0 Å². The number of ether oxygens (including phenoxy) is 1. The van der Waals surface area contributed by atoms with Crippen LogP contribution < -0.4 is 9.46 Å². The molecule has 1 N–H and O–H groups in total. The van der Waals surface area contributed by atoms with E-state index < -0.39 is 10.0 Å².